The van der Waals surface area contributed by atoms with Gasteiger partial charge in [-0.25, -0.2) is 0 Å². The number of nitrogens with zero attached hydrogens (tertiary/aromatic N) is 2. The Morgan fingerprint density at radius 2 is 1.72 bits per heavy atom. The molecule has 186 valence electrons. The van der Waals surface area contributed by atoms with Gasteiger partial charge in [0, 0.05) is 28.8 Å². The quantitative estimate of drug-likeness (QED) is 0.473. The molecule has 0 spiro atoms. The van der Waals surface area contributed by atoms with E-state index < -0.39 is 12.1 Å². The zero-order chi connectivity index (χ0) is 25.1. The van der Waals surface area contributed by atoms with Crippen LogP contribution < -0.4 is 5.32 Å². The molecule has 2 saturated heterocycles. The van der Waals surface area contributed by atoms with Crippen molar-refractivity contribution in [3.63, 3.8) is 0 Å². The highest BCUT2D eigenvalue weighted by molar-refractivity contribution is 7.98. The van der Waals surface area contributed by atoms with Gasteiger partial charge in [0.2, 0.25) is 5.91 Å². The van der Waals surface area contributed by atoms with Crippen molar-refractivity contribution in [1.29, 1.82) is 0 Å². The van der Waals surface area contributed by atoms with Gasteiger partial charge in [-0.2, -0.15) is 34.4 Å². The lowest BCUT2D eigenvalue weighted by atomic mass is 10.1. The maximum Gasteiger partial charge on any atom is 0.255 e. The molecule has 3 amide bonds. The number of ketones is 1. The second kappa shape index (κ2) is 11.0. The third-order valence-electron chi connectivity index (χ3n) is 6.52. The first-order valence-electron chi connectivity index (χ1n) is 11.6. The summed E-state index contributed by atoms with van der Waals surface area (Å²) >= 11 is 4.41. The van der Waals surface area contributed by atoms with Crippen LogP contribution in [0.3, 0.4) is 0 Å². The summed E-state index contributed by atoms with van der Waals surface area (Å²) in [7, 11) is 0. The van der Waals surface area contributed by atoms with Crippen LogP contribution in [0.4, 0.5) is 0 Å². The molecular weight excluding hydrogens is 515 g/mol. The second-order valence-electron chi connectivity index (χ2n) is 8.78. The van der Waals surface area contributed by atoms with E-state index in [9.17, 15) is 19.2 Å². The van der Waals surface area contributed by atoms with E-state index in [1.54, 1.807) is 44.5 Å². The minimum Gasteiger partial charge on any atom is -0.339 e. The monoisotopic (exact) mass is 539 g/mol. The average molecular weight is 540 g/mol. The minimum atomic E-state index is -0.778. The standard InChI is InChI=1S/C26H25N3O4S3/c30-22-12-29(25(32)19-8-11-35-15-19)21-6-9-28(23(21)22)26(33)20(27-24(31)18-7-10-34-14-18)16-36-13-17-4-2-1-3-5-17/h1-5,7-8,10-11,14-15,20-21,23H,6,9,12-13,16H2,(H,27,31)/t20-,21+,23-/m0/s1. The molecule has 4 heterocycles. The summed E-state index contributed by atoms with van der Waals surface area (Å²) < 4.78 is 0. The highest BCUT2D eigenvalue weighted by Gasteiger charge is 2.52. The molecule has 3 aromatic rings. The van der Waals surface area contributed by atoms with Gasteiger partial charge in [0.05, 0.1) is 23.7 Å². The number of hydrogen-bond acceptors (Lipinski definition) is 7. The first-order chi connectivity index (χ1) is 17.5. The Bertz CT molecular complexity index is 1230. The van der Waals surface area contributed by atoms with Crippen molar-refractivity contribution in [1.82, 2.24) is 15.1 Å². The normalized spacial score (nSPS) is 19.8. The summed E-state index contributed by atoms with van der Waals surface area (Å²) in [5.74, 6) is 0.194. The SMILES string of the molecule is O=C(N[C@@H](CSCc1ccccc1)C(=O)N1CC[C@@H]2[C@H]1C(=O)CN2C(=O)c1ccsc1)c1ccsc1. The van der Waals surface area contributed by atoms with E-state index >= 15 is 0 Å². The summed E-state index contributed by atoms with van der Waals surface area (Å²) in [5, 5.41) is 10.1. The van der Waals surface area contributed by atoms with Crippen molar-refractivity contribution in [2.75, 3.05) is 18.8 Å². The first kappa shape index (κ1) is 24.7. The summed E-state index contributed by atoms with van der Waals surface area (Å²) in [6.45, 7) is 0.379. The van der Waals surface area contributed by atoms with Crippen LogP contribution in [-0.4, -0.2) is 70.3 Å². The van der Waals surface area contributed by atoms with Gasteiger partial charge in [0.1, 0.15) is 12.1 Å². The Kier molecular flexibility index (Phi) is 7.54. The molecule has 0 unspecified atom stereocenters. The minimum absolute atomic E-state index is 0.00246. The molecule has 10 heteroatoms. The average Bonchev–Trinajstić information content (AvgIpc) is 3.70. The predicted octanol–water partition coefficient (Wildman–Crippen LogP) is 3.54. The number of nitrogens with one attached hydrogen (secondary N) is 1. The molecule has 2 aliphatic heterocycles. The van der Waals surface area contributed by atoms with Gasteiger partial charge >= 0.3 is 0 Å². The van der Waals surface area contributed by atoms with Gasteiger partial charge < -0.3 is 15.1 Å². The number of benzene rings is 1. The molecule has 36 heavy (non-hydrogen) atoms. The molecular formula is C26H25N3O4S3. The van der Waals surface area contributed by atoms with E-state index in [0.717, 1.165) is 5.56 Å². The summed E-state index contributed by atoms with van der Waals surface area (Å²) in [4.78, 5) is 55.7. The molecule has 0 radical (unpaired) electrons. The number of likely N-dealkylation sites (tertiary alicyclic amines) is 2. The molecule has 0 saturated carbocycles. The maximum absolute atomic E-state index is 13.7. The molecule has 1 N–H and O–H groups in total. The number of thioether (sulfide) groups is 1. The molecule has 3 atom stereocenters. The van der Waals surface area contributed by atoms with Crippen LogP contribution in [0.1, 0.15) is 32.7 Å². The van der Waals surface area contributed by atoms with Crippen LogP contribution >= 0.6 is 34.4 Å². The van der Waals surface area contributed by atoms with Gasteiger partial charge in [-0.05, 0) is 34.9 Å². The van der Waals surface area contributed by atoms with Gasteiger partial charge in [-0.1, -0.05) is 30.3 Å². The van der Waals surface area contributed by atoms with Crippen LogP contribution in [0.5, 0.6) is 0 Å². The Balaban J connectivity index is 1.30. The van der Waals surface area contributed by atoms with Crippen LogP contribution in [-0.2, 0) is 15.3 Å². The van der Waals surface area contributed by atoms with E-state index in [1.807, 2.05) is 41.1 Å². The van der Waals surface area contributed by atoms with Crippen molar-refractivity contribution in [2.45, 2.75) is 30.3 Å². The van der Waals surface area contributed by atoms with Crippen molar-refractivity contribution in [2.24, 2.45) is 0 Å². The summed E-state index contributed by atoms with van der Waals surface area (Å²) in [5.41, 5.74) is 2.21. The number of rotatable bonds is 8. The molecule has 0 aliphatic carbocycles. The van der Waals surface area contributed by atoms with Crippen molar-refractivity contribution in [3.8, 4) is 0 Å². The smallest absolute Gasteiger partial charge is 0.255 e. The lowest BCUT2D eigenvalue weighted by Crippen LogP contribution is -2.53. The molecule has 7 nitrogen and oxygen atoms in total. The Morgan fingerprint density at radius 1 is 1.00 bits per heavy atom. The van der Waals surface area contributed by atoms with Crippen molar-refractivity contribution >= 4 is 57.9 Å². The maximum atomic E-state index is 13.7. The van der Waals surface area contributed by atoms with Crippen LogP contribution in [0.2, 0.25) is 0 Å². The summed E-state index contributed by atoms with van der Waals surface area (Å²) in [6.07, 6.45) is 0.542. The Labute approximate surface area is 221 Å². The molecule has 2 fully saturated rings. The Morgan fingerprint density at radius 3 is 2.42 bits per heavy atom. The number of carbonyl (C=O) groups excluding carboxylic acids is 4. The number of fused-ring (bicyclic) bond motifs is 1. The molecule has 5 rings (SSSR count). The molecule has 2 aromatic heterocycles. The summed E-state index contributed by atoms with van der Waals surface area (Å²) in [6, 6.07) is 11.6. The molecule has 2 aliphatic rings. The van der Waals surface area contributed by atoms with Gasteiger partial charge in [-0.3, -0.25) is 19.2 Å². The highest BCUT2D eigenvalue weighted by Crippen LogP contribution is 2.32. The van der Waals surface area contributed by atoms with E-state index in [4.69, 9.17) is 0 Å². The fourth-order valence-corrected chi connectivity index (χ4v) is 7.04. The highest BCUT2D eigenvalue weighted by atomic mass is 32.2. The number of thiophene rings is 2. The third kappa shape index (κ3) is 5.11. The topological polar surface area (TPSA) is 86.8 Å². The van der Waals surface area contributed by atoms with E-state index in [0.29, 0.717) is 35.6 Å². The van der Waals surface area contributed by atoms with Crippen LogP contribution in [0, 0.1) is 0 Å². The zero-order valence-corrected chi connectivity index (χ0v) is 21.8. The van der Waals surface area contributed by atoms with Crippen molar-refractivity contribution < 1.29 is 19.2 Å². The fraction of sp³-hybridized carbons (Fsp3) is 0.308. The van der Waals surface area contributed by atoms with E-state index in [1.165, 1.54) is 22.7 Å². The van der Waals surface area contributed by atoms with E-state index in [2.05, 4.69) is 5.32 Å². The number of Topliss-reactive ketones (excluding diaryl/α,β-unsaturated/α-hetero) is 1. The number of amides is 3. The molecule has 0 bridgehead atoms. The number of hydrogen-bond donors (Lipinski definition) is 1. The lowest BCUT2D eigenvalue weighted by molar-refractivity contribution is -0.137. The lowest BCUT2D eigenvalue weighted by Gasteiger charge is -2.28. The van der Waals surface area contributed by atoms with Crippen molar-refractivity contribution in [3.05, 3.63) is 80.7 Å². The first-order valence-corrected chi connectivity index (χ1v) is 14.7. The van der Waals surface area contributed by atoms with Gasteiger partial charge in [0.25, 0.3) is 11.8 Å². The predicted molar refractivity (Wildman–Crippen MR) is 142 cm³/mol. The zero-order valence-electron chi connectivity index (χ0n) is 19.4. The fourth-order valence-electron chi connectivity index (χ4n) is 4.77. The second-order valence-corrected chi connectivity index (χ2v) is 11.4. The number of carbonyl (C=O) groups is 4. The van der Waals surface area contributed by atoms with Gasteiger partial charge in [0.15, 0.2) is 5.78 Å². The van der Waals surface area contributed by atoms with E-state index in [-0.39, 0.29) is 36.1 Å². The largest absolute Gasteiger partial charge is 0.339 e. The van der Waals surface area contributed by atoms with Gasteiger partial charge in [-0.15, -0.1) is 0 Å². The third-order valence-corrected chi connectivity index (χ3v) is 8.99. The van der Waals surface area contributed by atoms with Crippen LogP contribution in [0.25, 0.3) is 0 Å². The Hall–Kier alpha value is -2.95. The molecule has 1 aromatic carbocycles. The van der Waals surface area contributed by atoms with Crippen LogP contribution in [0.15, 0.2) is 64.0 Å².